The van der Waals surface area contributed by atoms with Gasteiger partial charge in [-0.2, -0.15) is 12.6 Å². The molecule has 2 rings (SSSR count). The van der Waals surface area contributed by atoms with Gasteiger partial charge >= 0.3 is 0 Å². The van der Waals surface area contributed by atoms with Crippen LogP contribution >= 0.6 is 12.6 Å². The Morgan fingerprint density at radius 1 is 1.10 bits per heavy atom. The lowest BCUT2D eigenvalue weighted by Gasteiger charge is -2.21. The average Bonchev–Trinajstić information content (AvgIpc) is 2.53. The van der Waals surface area contributed by atoms with Gasteiger partial charge in [0.15, 0.2) is 0 Å². The number of hydrogen-bond acceptors (Lipinski definition) is 3. The van der Waals surface area contributed by atoms with Crippen LogP contribution in [-0.4, -0.2) is 17.7 Å². The van der Waals surface area contributed by atoms with Gasteiger partial charge in [0.2, 0.25) is 5.91 Å². The Bertz CT molecular complexity index is 583. The predicted octanol–water partition coefficient (Wildman–Crippen LogP) is 2.46. The van der Waals surface area contributed by atoms with Crippen molar-refractivity contribution in [3.63, 3.8) is 0 Å². The van der Waals surface area contributed by atoms with Gasteiger partial charge in [-0.25, -0.2) is 0 Å². The van der Waals surface area contributed by atoms with E-state index in [4.69, 9.17) is 5.73 Å². The highest BCUT2D eigenvalue weighted by atomic mass is 32.1. The first-order valence-corrected chi connectivity index (χ1v) is 7.53. The molecule has 3 N–H and O–H groups in total. The van der Waals surface area contributed by atoms with Crippen LogP contribution in [0.15, 0.2) is 54.6 Å². The second kappa shape index (κ2) is 7.29. The molecule has 2 unspecified atom stereocenters. The summed E-state index contributed by atoms with van der Waals surface area (Å²) in [5.41, 5.74) is 9.00. The van der Waals surface area contributed by atoms with Gasteiger partial charge in [0.05, 0.1) is 12.1 Å². The molecular formula is C17H20N2OS. The van der Waals surface area contributed by atoms with Crippen molar-refractivity contribution in [3.8, 4) is 0 Å². The minimum Gasteiger partial charge on any atom is -0.344 e. The number of nitrogens with one attached hydrogen (secondary N) is 1. The summed E-state index contributed by atoms with van der Waals surface area (Å²) in [6.45, 7) is 2.04. The molecule has 0 saturated heterocycles. The maximum Gasteiger partial charge on any atom is 0.238 e. The Balaban J connectivity index is 2.31. The third-order valence-electron chi connectivity index (χ3n) is 3.36. The van der Waals surface area contributed by atoms with Gasteiger partial charge < -0.3 is 11.1 Å². The second-order valence-corrected chi connectivity index (χ2v) is 5.42. The van der Waals surface area contributed by atoms with E-state index in [1.54, 1.807) is 0 Å². The number of carbonyl (C=O) groups is 1. The number of nitrogens with two attached hydrogens (primary N) is 1. The Morgan fingerprint density at radius 3 is 2.24 bits per heavy atom. The molecule has 4 heteroatoms. The molecule has 1 amide bonds. The molecule has 0 spiro atoms. The van der Waals surface area contributed by atoms with Crippen LogP contribution in [0, 0.1) is 6.92 Å². The molecule has 0 bridgehead atoms. The summed E-state index contributed by atoms with van der Waals surface area (Å²) in [6.07, 6.45) is 0. The van der Waals surface area contributed by atoms with Gasteiger partial charge in [-0.3, -0.25) is 4.79 Å². The number of aryl methyl sites for hydroxylation is 1. The molecule has 2 aromatic carbocycles. The number of benzene rings is 2. The Labute approximate surface area is 131 Å². The molecule has 21 heavy (non-hydrogen) atoms. The van der Waals surface area contributed by atoms with E-state index >= 15 is 0 Å². The third-order valence-corrected chi connectivity index (χ3v) is 3.76. The molecular weight excluding hydrogens is 280 g/mol. The van der Waals surface area contributed by atoms with Crippen molar-refractivity contribution in [2.75, 3.05) is 5.75 Å². The lowest BCUT2D eigenvalue weighted by atomic mass is 9.97. The van der Waals surface area contributed by atoms with E-state index in [-0.39, 0.29) is 11.9 Å². The van der Waals surface area contributed by atoms with Crippen molar-refractivity contribution in [1.82, 2.24) is 5.32 Å². The van der Waals surface area contributed by atoms with E-state index in [0.717, 1.165) is 11.1 Å². The van der Waals surface area contributed by atoms with E-state index in [1.165, 1.54) is 5.56 Å². The predicted molar refractivity (Wildman–Crippen MR) is 89.4 cm³/mol. The van der Waals surface area contributed by atoms with Crippen LogP contribution in [0.25, 0.3) is 0 Å². The quantitative estimate of drug-likeness (QED) is 0.743. The van der Waals surface area contributed by atoms with Crippen LogP contribution in [-0.2, 0) is 4.79 Å². The maximum absolute atomic E-state index is 12.1. The first-order valence-electron chi connectivity index (χ1n) is 6.90. The number of amides is 1. The van der Waals surface area contributed by atoms with E-state index < -0.39 is 6.04 Å². The van der Waals surface area contributed by atoms with Gasteiger partial charge in [0.1, 0.15) is 0 Å². The van der Waals surface area contributed by atoms with Gasteiger partial charge in [0, 0.05) is 5.75 Å². The summed E-state index contributed by atoms with van der Waals surface area (Å²) in [7, 11) is 0. The molecule has 0 saturated carbocycles. The highest BCUT2D eigenvalue weighted by Gasteiger charge is 2.19. The fourth-order valence-corrected chi connectivity index (χ4v) is 2.26. The fourth-order valence-electron chi connectivity index (χ4n) is 2.10. The molecule has 0 aliphatic heterocycles. The van der Waals surface area contributed by atoms with Gasteiger partial charge in [-0.05, 0) is 18.1 Å². The van der Waals surface area contributed by atoms with Gasteiger partial charge in [-0.15, -0.1) is 0 Å². The zero-order valence-electron chi connectivity index (χ0n) is 12.0. The molecule has 3 nitrogen and oxygen atoms in total. The van der Waals surface area contributed by atoms with E-state index in [2.05, 4.69) is 17.9 Å². The standard InChI is InChI=1S/C17H20N2OS/c1-12-7-9-14(10-8-12)16(13-5-3-2-4-6-13)19-17(20)15(18)11-21/h2-10,15-16,21H,11,18H2,1H3,(H,19,20). The second-order valence-electron chi connectivity index (χ2n) is 5.05. The largest absolute Gasteiger partial charge is 0.344 e. The van der Waals surface area contributed by atoms with Crippen LogP contribution in [0.2, 0.25) is 0 Å². The molecule has 0 aromatic heterocycles. The number of thiol groups is 1. The highest BCUT2D eigenvalue weighted by Crippen LogP contribution is 2.22. The SMILES string of the molecule is Cc1ccc(C(NC(=O)C(N)CS)c2ccccc2)cc1. The summed E-state index contributed by atoms with van der Waals surface area (Å²) in [5, 5.41) is 3.01. The minimum atomic E-state index is -0.606. The van der Waals surface area contributed by atoms with Crippen molar-refractivity contribution >= 4 is 18.5 Å². The molecule has 0 aliphatic rings. The zero-order chi connectivity index (χ0) is 15.2. The monoisotopic (exact) mass is 300 g/mol. The molecule has 0 aliphatic carbocycles. The maximum atomic E-state index is 12.1. The topological polar surface area (TPSA) is 55.1 Å². The van der Waals surface area contributed by atoms with Crippen LogP contribution in [0.3, 0.4) is 0 Å². The summed E-state index contributed by atoms with van der Waals surface area (Å²) in [6, 6.07) is 17.2. The van der Waals surface area contributed by atoms with E-state index in [1.807, 2.05) is 61.5 Å². The summed E-state index contributed by atoms with van der Waals surface area (Å²) in [4.78, 5) is 12.1. The Hall–Kier alpha value is -1.78. The van der Waals surface area contributed by atoms with E-state index in [0.29, 0.717) is 5.75 Å². The first kappa shape index (κ1) is 15.6. The van der Waals surface area contributed by atoms with E-state index in [9.17, 15) is 4.79 Å². The molecule has 2 atom stereocenters. The van der Waals surface area contributed by atoms with Crippen molar-refractivity contribution in [1.29, 1.82) is 0 Å². The normalized spacial score (nSPS) is 13.5. The van der Waals surface area contributed by atoms with Crippen molar-refractivity contribution in [2.24, 2.45) is 5.73 Å². The number of hydrogen-bond donors (Lipinski definition) is 3. The fraction of sp³-hybridized carbons (Fsp3) is 0.235. The highest BCUT2D eigenvalue weighted by molar-refractivity contribution is 7.80. The van der Waals surface area contributed by atoms with Crippen LogP contribution in [0.1, 0.15) is 22.7 Å². The third kappa shape index (κ3) is 4.09. The van der Waals surface area contributed by atoms with Crippen molar-refractivity contribution in [3.05, 3.63) is 71.3 Å². The first-order chi connectivity index (χ1) is 10.1. The smallest absolute Gasteiger partial charge is 0.238 e. The van der Waals surface area contributed by atoms with Gasteiger partial charge in [-0.1, -0.05) is 60.2 Å². The summed E-state index contributed by atoms with van der Waals surface area (Å²) >= 11 is 4.08. The molecule has 0 fully saturated rings. The molecule has 0 radical (unpaired) electrons. The number of rotatable bonds is 5. The number of carbonyl (C=O) groups excluding carboxylic acids is 1. The van der Waals surface area contributed by atoms with Gasteiger partial charge in [0.25, 0.3) is 0 Å². The zero-order valence-corrected chi connectivity index (χ0v) is 12.9. The molecule has 2 aromatic rings. The average molecular weight is 300 g/mol. The lowest BCUT2D eigenvalue weighted by molar-refractivity contribution is -0.122. The Morgan fingerprint density at radius 2 is 1.67 bits per heavy atom. The van der Waals surface area contributed by atoms with Crippen molar-refractivity contribution < 1.29 is 4.79 Å². The lowest BCUT2D eigenvalue weighted by Crippen LogP contribution is -2.43. The van der Waals surface area contributed by atoms with Crippen LogP contribution in [0.4, 0.5) is 0 Å². The Kier molecular flexibility index (Phi) is 5.42. The summed E-state index contributed by atoms with van der Waals surface area (Å²) in [5.74, 6) is 0.126. The molecule has 110 valence electrons. The van der Waals surface area contributed by atoms with Crippen LogP contribution in [0.5, 0.6) is 0 Å². The van der Waals surface area contributed by atoms with Crippen molar-refractivity contribution in [2.45, 2.75) is 19.0 Å². The molecule has 0 heterocycles. The van der Waals surface area contributed by atoms with Crippen LogP contribution < -0.4 is 11.1 Å². The minimum absolute atomic E-state index is 0.195. The summed E-state index contributed by atoms with van der Waals surface area (Å²) < 4.78 is 0.